The van der Waals surface area contributed by atoms with Crippen molar-refractivity contribution in [3.05, 3.63) is 45.9 Å². The molecule has 0 aliphatic carbocycles. The van der Waals surface area contributed by atoms with Crippen LogP contribution in [-0.4, -0.2) is 42.1 Å². The van der Waals surface area contributed by atoms with Gasteiger partial charge in [-0.1, -0.05) is 31.8 Å². The molecule has 2 aliphatic rings. The van der Waals surface area contributed by atoms with E-state index in [9.17, 15) is 4.79 Å². The maximum Gasteiger partial charge on any atom is 0.351 e. The molecule has 1 aromatic heterocycles. The van der Waals surface area contributed by atoms with Crippen LogP contribution in [0.15, 0.2) is 29.1 Å². The Labute approximate surface area is 164 Å². The maximum atomic E-state index is 12.5. The second-order valence-electron chi connectivity index (χ2n) is 7.34. The van der Waals surface area contributed by atoms with Crippen molar-refractivity contribution in [1.29, 1.82) is 0 Å². The molecule has 0 spiro atoms. The molecule has 146 valence electrons. The van der Waals surface area contributed by atoms with Crippen LogP contribution >= 0.6 is 0 Å². The second kappa shape index (κ2) is 8.17. The van der Waals surface area contributed by atoms with Crippen LogP contribution in [0.3, 0.4) is 0 Å². The lowest BCUT2D eigenvalue weighted by molar-refractivity contribution is -0.102. The van der Waals surface area contributed by atoms with E-state index in [1.807, 2.05) is 18.2 Å². The van der Waals surface area contributed by atoms with Crippen molar-refractivity contribution in [2.24, 2.45) is 5.92 Å². The molecule has 1 atom stereocenters. The molecular weight excluding hydrogens is 356 g/mol. The van der Waals surface area contributed by atoms with Gasteiger partial charge in [0.2, 0.25) is 5.88 Å². The van der Waals surface area contributed by atoms with E-state index in [1.165, 1.54) is 5.56 Å². The lowest BCUT2D eigenvalue weighted by Crippen LogP contribution is -2.34. The Morgan fingerprint density at radius 1 is 1.32 bits per heavy atom. The van der Waals surface area contributed by atoms with Gasteiger partial charge in [-0.2, -0.15) is 4.98 Å². The molecule has 0 radical (unpaired) electrons. The zero-order valence-corrected chi connectivity index (χ0v) is 16.2. The summed E-state index contributed by atoms with van der Waals surface area (Å²) in [5.74, 6) is 7.07. The number of hydrogen-bond acceptors (Lipinski definition) is 5. The van der Waals surface area contributed by atoms with E-state index >= 15 is 0 Å². The van der Waals surface area contributed by atoms with E-state index in [0.29, 0.717) is 44.8 Å². The summed E-state index contributed by atoms with van der Waals surface area (Å²) in [6.45, 7) is 6.73. The van der Waals surface area contributed by atoms with Crippen LogP contribution in [0.4, 0.5) is 0 Å². The Morgan fingerprint density at radius 2 is 2.21 bits per heavy atom. The van der Waals surface area contributed by atoms with Gasteiger partial charge < -0.3 is 14.2 Å². The van der Waals surface area contributed by atoms with Crippen molar-refractivity contribution in [2.75, 3.05) is 26.4 Å². The van der Waals surface area contributed by atoms with Gasteiger partial charge in [0.1, 0.15) is 12.7 Å². The molecule has 2 aliphatic heterocycles. The fraction of sp³-hybridized carbons (Fsp3) is 0.455. The van der Waals surface area contributed by atoms with Gasteiger partial charge in [-0.15, -0.1) is 0 Å². The highest BCUT2D eigenvalue weighted by molar-refractivity contribution is 5.67. The fourth-order valence-electron chi connectivity index (χ4n) is 3.40. The zero-order valence-electron chi connectivity index (χ0n) is 16.2. The lowest BCUT2D eigenvalue weighted by atomic mass is 9.95. The average Bonchev–Trinajstić information content (AvgIpc) is 2.71. The van der Waals surface area contributed by atoms with Gasteiger partial charge in [0.25, 0.3) is 0 Å². The van der Waals surface area contributed by atoms with Gasteiger partial charge in [0.05, 0.1) is 25.5 Å². The van der Waals surface area contributed by atoms with Crippen molar-refractivity contribution in [3.63, 3.8) is 0 Å². The maximum absolute atomic E-state index is 12.5. The SMILES string of the molecule is CC(C)C#Cc1ccc2c(c1)CCn1c-2cc(OCC2COCCO2)nc1=O. The van der Waals surface area contributed by atoms with Crippen molar-refractivity contribution in [2.45, 2.75) is 32.9 Å². The summed E-state index contributed by atoms with van der Waals surface area (Å²) in [5.41, 5.74) is 3.77. The first-order valence-electron chi connectivity index (χ1n) is 9.69. The third-order valence-corrected chi connectivity index (χ3v) is 4.78. The Bertz CT molecular complexity index is 978. The Morgan fingerprint density at radius 3 is 3.00 bits per heavy atom. The molecule has 1 aromatic carbocycles. The van der Waals surface area contributed by atoms with Gasteiger partial charge in [-0.3, -0.25) is 4.57 Å². The first-order chi connectivity index (χ1) is 13.6. The molecule has 1 unspecified atom stereocenters. The monoisotopic (exact) mass is 380 g/mol. The van der Waals surface area contributed by atoms with E-state index in [4.69, 9.17) is 14.2 Å². The van der Waals surface area contributed by atoms with Crippen LogP contribution in [0.25, 0.3) is 11.3 Å². The van der Waals surface area contributed by atoms with Crippen LogP contribution < -0.4 is 10.4 Å². The van der Waals surface area contributed by atoms with E-state index < -0.39 is 0 Å². The number of nitrogens with zero attached hydrogens (tertiary/aromatic N) is 2. The number of aromatic nitrogens is 2. The van der Waals surface area contributed by atoms with Crippen molar-refractivity contribution in [1.82, 2.24) is 9.55 Å². The molecule has 1 fully saturated rings. The van der Waals surface area contributed by atoms with E-state index in [-0.39, 0.29) is 11.8 Å². The fourth-order valence-corrected chi connectivity index (χ4v) is 3.40. The summed E-state index contributed by atoms with van der Waals surface area (Å²) < 4.78 is 18.4. The smallest absolute Gasteiger partial charge is 0.351 e. The highest BCUT2D eigenvalue weighted by atomic mass is 16.6. The van der Waals surface area contributed by atoms with Gasteiger partial charge in [-0.25, -0.2) is 4.79 Å². The molecule has 3 heterocycles. The summed E-state index contributed by atoms with van der Waals surface area (Å²) in [5, 5.41) is 0. The summed E-state index contributed by atoms with van der Waals surface area (Å²) in [7, 11) is 0. The van der Waals surface area contributed by atoms with Crippen molar-refractivity contribution in [3.8, 4) is 29.0 Å². The minimum atomic E-state index is -0.289. The summed E-state index contributed by atoms with van der Waals surface area (Å²) in [4.78, 5) is 16.6. The largest absolute Gasteiger partial charge is 0.475 e. The number of ether oxygens (including phenoxy) is 3. The third-order valence-electron chi connectivity index (χ3n) is 4.78. The minimum absolute atomic E-state index is 0.135. The molecule has 28 heavy (non-hydrogen) atoms. The highest BCUT2D eigenvalue weighted by Gasteiger charge is 2.20. The molecule has 0 amide bonds. The van der Waals surface area contributed by atoms with Crippen LogP contribution in [0.5, 0.6) is 5.88 Å². The van der Waals surface area contributed by atoms with Crippen LogP contribution in [-0.2, 0) is 22.4 Å². The quantitative estimate of drug-likeness (QED) is 0.765. The molecule has 6 nitrogen and oxygen atoms in total. The number of hydrogen-bond donors (Lipinski definition) is 0. The number of fused-ring (bicyclic) bond motifs is 3. The van der Waals surface area contributed by atoms with E-state index in [0.717, 1.165) is 23.2 Å². The number of benzene rings is 1. The number of rotatable bonds is 3. The molecule has 0 bridgehead atoms. The molecular formula is C22H24N2O4. The number of aryl methyl sites for hydroxylation is 1. The normalized spacial score (nSPS) is 18.0. The molecule has 0 saturated carbocycles. The Kier molecular flexibility index (Phi) is 5.47. The van der Waals surface area contributed by atoms with Crippen LogP contribution in [0.1, 0.15) is 25.0 Å². The molecule has 0 N–H and O–H groups in total. The highest BCUT2D eigenvalue weighted by Crippen LogP contribution is 2.30. The predicted molar refractivity (Wildman–Crippen MR) is 105 cm³/mol. The first-order valence-corrected chi connectivity index (χ1v) is 9.69. The Hall–Kier alpha value is -2.62. The molecule has 1 saturated heterocycles. The van der Waals surface area contributed by atoms with E-state index in [1.54, 1.807) is 4.57 Å². The second-order valence-corrected chi connectivity index (χ2v) is 7.34. The Balaban J connectivity index is 1.60. The van der Waals surface area contributed by atoms with Gasteiger partial charge in [0, 0.05) is 29.7 Å². The van der Waals surface area contributed by atoms with Gasteiger partial charge in [0.15, 0.2) is 0 Å². The average molecular weight is 380 g/mol. The van der Waals surface area contributed by atoms with Crippen LogP contribution in [0.2, 0.25) is 0 Å². The first kappa shape index (κ1) is 18.7. The van der Waals surface area contributed by atoms with Crippen molar-refractivity contribution < 1.29 is 14.2 Å². The third kappa shape index (κ3) is 4.11. The molecule has 2 aromatic rings. The summed E-state index contributed by atoms with van der Waals surface area (Å²) >= 11 is 0. The zero-order chi connectivity index (χ0) is 19.5. The van der Waals surface area contributed by atoms with Crippen molar-refractivity contribution >= 4 is 0 Å². The molecule has 6 heteroatoms. The van der Waals surface area contributed by atoms with Crippen LogP contribution in [0, 0.1) is 17.8 Å². The lowest BCUT2D eigenvalue weighted by Gasteiger charge is -2.24. The topological polar surface area (TPSA) is 62.6 Å². The molecule has 4 rings (SSSR count). The minimum Gasteiger partial charge on any atom is -0.475 e. The van der Waals surface area contributed by atoms with Gasteiger partial charge >= 0.3 is 5.69 Å². The van der Waals surface area contributed by atoms with Gasteiger partial charge in [-0.05, 0) is 24.1 Å². The van der Waals surface area contributed by atoms with E-state index in [2.05, 4.69) is 36.7 Å². The summed E-state index contributed by atoms with van der Waals surface area (Å²) in [6, 6.07) is 7.99. The summed E-state index contributed by atoms with van der Waals surface area (Å²) in [6.07, 6.45) is 0.651. The predicted octanol–water partition coefficient (Wildman–Crippen LogP) is 2.27. The standard InChI is InChI=1S/C22H24N2O4/c1-15(2)3-4-16-5-6-19-17(11-16)7-8-24-20(19)12-21(23-22(24)25)28-14-18-13-26-9-10-27-18/h5-6,11-12,15,18H,7-10,13-14H2,1-2H3.